The maximum absolute atomic E-state index is 15.0. The van der Waals surface area contributed by atoms with Crippen molar-refractivity contribution in [2.45, 2.75) is 64.7 Å². The highest BCUT2D eigenvalue weighted by atomic mass is 32.1. The summed E-state index contributed by atoms with van der Waals surface area (Å²) in [5, 5.41) is 1.30. The fraction of sp³-hybridized carbons (Fsp3) is 0.571. The minimum atomic E-state index is -1.26. The van der Waals surface area contributed by atoms with Gasteiger partial charge in [0.25, 0.3) is 0 Å². The molecule has 1 fully saturated rings. The largest absolute Gasteiger partial charge is 0.357 e. The van der Waals surface area contributed by atoms with Gasteiger partial charge >= 0.3 is 0 Å². The Kier molecular flexibility index (Phi) is 6.60. The van der Waals surface area contributed by atoms with Crippen molar-refractivity contribution in [1.29, 1.82) is 0 Å². The number of hydrogen-bond donors (Lipinski definition) is 1. The number of nitrogens with one attached hydrogen (secondary N) is 1. The van der Waals surface area contributed by atoms with Crippen molar-refractivity contribution < 1.29 is 8.78 Å². The third-order valence-electron chi connectivity index (χ3n) is 7.46. The molecular weight excluding hydrogens is 448 g/mol. The van der Waals surface area contributed by atoms with E-state index in [-0.39, 0.29) is 18.8 Å². The van der Waals surface area contributed by atoms with Gasteiger partial charge < -0.3 is 9.88 Å². The first-order chi connectivity index (χ1) is 16.2. The first-order valence-electron chi connectivity index (χ1n) is 12.6. The number of rotatable bonds is 8. The number of alkyl halides is 2. The molecule has 2 aliphatic heterocycles. The fourth-order valence-electron chi connectivity index (χ4n) is 5.96. The molecule has 2 aliphatic rings. The van der Waals surface area contributed by atoms with Crippen LogP contribution in [0.3, 0.4) is 0 Å². The number of H-pyrrole nitrogens is 1. The Hall–Kier alpha value is -1.76. The molecule has 184 valence electrons. The van der Waals surface area contributed by atoms with Crippen molar-refractivity contribution in [3.05, 3.63) is 56.9 Å². The molecule has 2 aromatic heterocycles. The first kappa shape index (κ1) is 24.0. The van der Waals surface area contributed by atoms with Crippen LogP contribution in [0.2, 0.25) is 0 Å². The van der Waals surface area contributed by atoms with E-state index in [0.717, 1.165) is 32.5 Å². The molecule has 0 bridgehead atoms. The molecule has 0 unspecified atom stereocenters. The van der Waals surface area contributed by atoms with E-state index in [0.29, 0.717) is 18.9 Å². The van der Waals surface area contributed by atoms with Crippen LogP contribution in [-0.4, -0.2) is 59.3 Å². The molecule has 1 aromatic carbocycles. The molecule has 4 heterocycles. The number of para-hydroxylation sites is 1. The molecule has 0 aliphatic carbocycles. The summed E-state index contributed by atoms with van der Waals surface area (Å²) < 4.78 is 27.5. The lowest BCUT2D eigenvalue weighted by atomic mass is 9.89. The molecule has 0 amide bonds. The Morgan fingerprint density at radius 1 is 1.21 bits per heavy atom. The molecule has 34 heavy (non-hydrogen) atoms. The number of aromatic nitrogens is 1. The lowest BCUT2D eigenvalue weighted by Gasteiger charge is -2.42. The summed E-state index contributed by atoms with van der Waals surface area (Å²) in [5.41, 5.74) is 3.83. The zero-order valence-corrected chi connectivity index (χ0v) is 21.7. The lowest BCUT2D eigenvalue weighted by molar-refractivity contribution is 0.0677. The average Bonchev–Trinajstić information content (AvgIpc) is 3.29. The molecule has 1 N–H and O–H groups in total. The van der Waals surface area contributed by atoms with Crippen molar-refractivity contribution in [2.75, 3.05) is 32.9 Å². The summed E-state index contributed by atoms with van der Waals surface area (Å²) >= 11 is 1.91. The van der Waals surface area contributed by atoms with Gasteiger partial charge in [0, 0.05) is 58.6 Å². The molecule has 0 radical (unpaired) electrons. The van der Waals surface area contributed by atoms with E-state index in [4.69, 9.17) is 0 Å². The predicted molar refractivity (Wildman–Crippen MR) is 138 cm³/mol. The molecule has 6 heteroatoms. The van der Waals surface area contributed by atoms with E-state index >= 15 is 0 Å². The molecule has 3 nitrogen and oxygen atoms in total. The van der Waals surface area contributed by atoms with Crippen molar-refractivity contribution in [3.63, 3.8) is 0 Å². The molecule has 2 atom stereocenters. The van der Waals surface area contributed by atoms with Crippen molar-refractivity contribution in [2.24, 2.45) is 5.92 Å². The number of hydrogen-bond acceptors (Lipinski definition) is 3. The van der Waals surface area contributed by atoms with Crippen molar-refractivity contribution in [3.8, 4) is 0 Å². The van der Waals surface area contributed by atoms with Crippen molar-refractivity contribution >= 4 is 22.2 Å². The number of aryl methyl sites for hydroxylation is 1. The molecule has 1 saturated heterocycles. The second-order valence-corrected chi connectivity index (χ2v) is 12.2. The number of benzene rings is 1. The van der Waals surface area contributed by atoms with Crippen LogP contribution >= 0.6 is 11.3 Å². The van der Waals surface area contributed by atoms with E-state index in [9.17, 15) is 8.78 Å². The van der Waals surface area contributed by atoms with Gasteiger partial charge in [0.15, 0.2) is 0 Å². The van der Waals surface area contributed by atoms with Gasteiger partial charge in [0.05, 0.1) is 12.7 Å². The summed E-state index contributed by atoms with van der Waals surface area (Å²) in [7, 11) is 0. The summed E-state index contributed by atoms with van der Waals surface area (Å²) in [4.78, 5) is 11.2. The minimum absolute atomic E-state index is 0.0439. The van der Waals surface area contributed by atoms with Crippen molar-refractivity contribution in [1.82, 2.24) is 14.8 Å². The number of thiophene rings is 1. The van der Waals surface area contributed by atoms with Crippen LogP contribution in [0.5, 0.6) is 0 Å². The quantitative estimate of drug-likeness (QED) is 0.396. The molecule has 5 rings (SSSR count). The van der Waals surface area contributed by atoms with Gasteiger partial charge in [-0.25, -0.2) is 4.39 Å². The highest BCUT2D eigenvalue weighted by molar-refractivity contribution is 7.12. The molecule has 3 aromatic rings. The van der Waals surface area contributed by atoms with Gasteiger partial charge in [-0.2, -0.15) is 0 Å². The third kappa shape index (κ3) is 4.69. The average molecular weight is 486 g/mol. The van der Waals surface area contributed by atoms with E-state index < -0.39 is 5.67 Å². The Morgan fingerprint density at radius 3 is 2.71 bits per heavy atom. The SMILES string of the molecule is Cc1cc(CC2CN(CCCF)C2)sc1[C@@H]1c2[nH]c3ccccc3c2C[C@@H](C)N1CC(C)(C)F. The van der Waals surface area contributed by atoms with Crippen LogP contribution in [-0.2, 0) is 12.8 Å². The maximum atomic E-state index is 15.0. The fourth-order valence-corrected chi connectivity index (χ4v) is 7.38. The number of likely N-dealkylation sites (tertiary alicyclic amines) is 1. The van der Waals surface area contributed by atoms with Crippen LogP contribution in [0.4, 0.5) is 8.78 Å². The Bertz CT molecular complexity index is 1140. The summed E-state index contributed by atoms with van der Waals surface area (Å²) in [6, 6.07) is 11.2. The van der Waals surface area contributed by atoms with Crippen LogP contribution in [0.25, 0.3) is 10.9 Å². The topological polar surface area (TPSA) is 22.3 Å². The Morgan fingerprint density at radius 2 is 1.97 bits per heavy atom. The van der Waals surface area contributed by atoms with Gasteiger partial charge in [-0.15, -0.1) is 11.3 Å². The molecular formula is C28H37F2N3S. The zero-order valence-electron chi connectivity index (χ0n) is 20.8. The summed E-state index contributed by atoms with van der Waals surface area (Å²) in [5.74, 6) is 0.653. The number of aromatic amines is 1. The van der Waals surface area contributed by atoms with E-state index in [1.807, 2.05) is 11.3 Å². The third-order valence-corrected chi connectivity index (χ3v) is 8.77. The van der Waals surface area contributed by atoms with Gasteiger partial charge in [0.1, 0.15) is 5.67 Å². The lowest BCUT2D eigenvalue weighted by Crippen LogP contribution is -2.47. The predicted octanol–water partition coefficient (Wildman–Crippen LogP) is 6.46. The summed E-state index contributed by atoms with van der Waals surface area (Å²) in [6.45, 7) is 11.0. The normalized spacial score (nSPS) is 22.3. The number of nitrogens with zero attached hydrogens (tertiary/aromatic N) is 2. The molecule has 0 spiro atoms. The zero-order chi connectivity index (χ0) is 24.0. The first-order valence-corrected chi connectivity index (χ1v) is 13.5. The second kappa shape index (κ2) is 9.36. The maximum Gasteiger partial charge on any atom is 0.118 e. The van der Waals surface area contributed by atoms with E-state index in [2.05, 4.69) is 59.0 Å². The smallest absolute Gasteiger partial charge is 0.118 e. The second-order valence-electron chi connectivity index (χ2n) is 11.0. The van der Waals surface area contributed by atoms with E-state index in [1.165, 1.54) is 37.5 Å². The van der Waals surface area contributed by atoms with Crippen LogP contribution in [0.15, 0.2) is 30.3 Å². The van der Waals surface area contributed by atoms with Gasteiger partial charge in [0.2, 0.25) is 0 Å². The number of fused-ring (bicyclic) bond motifs is 3. The van der Waals surface area contributed by atoms with Crippen LogP contribution < -0.4 is 0 Å². The molecule has 0 saturated carbocycles. The highest BCUT2D eigenvalue weighted by Crippen LogP contribution is 2.45. The standard InChI is InChI=1S/C28H37F2N3S/c1-18-12-21(14-20-15-32(16-20)11-7-10-29)34-27(18)26-25-23(22-8-5-6-9-24(22)31-25)13-19(2)33(26)17-28(3,4)30/h5-6,8-9,12,19-20,26,31H,7,10-11,13-17H2,1-4H3/t19-,26+/m1/s1. The Balaban J connectivity index is 1.46. The van der Waals surface area contributed by atoms with Gasteiger partial charge in [-0.1, -0.05) is 18.2 Å². The van der Waals surface area contributed by atoms with Gasteiger partial charge in [-0.3, -0.25) is 9.29 Å². The Labute approximate surface area is 206 Å². The monoisotopic (exact) mass is 485 g/mol. The highest BCUT2D eigenvalue weighted by Gasteiger charge is 2.40. The van der Waals surface area contributed by atoms with Gasteiger partial charge in [-0.05, 0) is 76.1 Å². The number of halogens is 2. The van der Waals surface area contributed by atoms with E-state index in [1.54, 1.807) is 13.8 Å². The summed E-state index contributed by atoms with van der Waals surface area (Å²) in [6.07, 6.45) is 2.65. The minimum Gasteiger partial charge on any atom is -0.357 e. The van der Waals surface area contributed by atoms with Crippen LogP contribution in [0.1, 0.15) is 59.8 Å². The van der Waals surface area contributed by atoms with Crippen LogP contribution in [0, 0.1) is 12.8 Å².